The highest BCUT2D eigenvalue weighted by Gasteiger charge is 2.12. The zero-order valence-corrected chi connectivity index (χ0v) is 17.5. The van der Waals surface area contributed by atoms with Gasteiger partial charge in [0, 0.05) is 23.4 Å². The number of benzene rings is 3. The summed E-state index contributed by atoms with van der Waals surface area (Å²) in [6.07, 6.45) is 0. The first-order valence-corrected chi connectivity index (χ1v) is 10.5. The molecule has 0 bridgehead atoms. The van der Waals surface area contributed by atoms with Crippen LogP contribution in [0.1, 0.15) is 35.8 Å². The number of carbonyl (C=O) groups is 2. The SMILES string of the molecule is CC(=O)NC(C)c1ccc(-c2csc(NC(=O)c3ccc4ccccc4c3)n2)cc1. The molecule has 0 saturated carbocycles. The van der Waals surface area contributed by atoms with E-state index in [0.717, 1.165) is 27.6 Å². The number of aromatic nitrogens is 1. The molecule has 0 aliphatic heterocycles. The molecule has 3 aromatic carbocycles. The normalized spacial score (nSPS) is 11.8. The van der Waals surface area contributed by atoms with E-state index in [2.05, 4.69) is 15.6 Å². The van der Waals surface area contributed by atoms with E-state index in [1.54, 1.807) is 0 Å². The van der Waals surface area contributed by atoms with E-state index < -0.39 is 0 Å². The van der Waals surface area contributed by atoms with Gasteiger partial charge in [0.15, 0.2) is 5.13 Å². The maximum atomic E-state index is 12.6. The minimum atomic E-state index is -0.180. The molecular formula is C24H21N3O2S. The van der Waals surface area contributed by atoms with E-state index in [1.807, 2.05) is 79.0 Å². The molecule has 0 fully saturated rings. The first-order valence-electron chi connectivity index (χ1n) is 9.63. The lowest BCUT2D eigenvalue weighted by Crippen LogP contribution is -2.23. The van der Waals surface area contributed by atoms with Crippen LogP contribution in [-0.4, -0.2) is 16.8 Å². The summed E-state index contributed by atoms with van der Waals surface area (Å²) in [4.78, 5) is 28.4. The van der Waals surface area contributed by atoms with Gasteiger partial charge in [-0.25, -0.2) is 4.98 Å². The van der Waals surface area contributed by atoms with Crippen LogP contribution in [0.4, 0.5) is 5.13 Å². The zero-order valence-electron chi connectivity index (χ0n) is 16.7. The standard InChI is InChI=1S/C24H21N3O2S/c1-15(25-16(2)28)17-7-10-19(11-8-17)22-14-30-24(26-22)27-23(29)21-12-9-18-5-3-4-6-20(18)13-21/h3-15H,1-2H3,(H,25,28)(H,26,27,29). The van der Waals surface area contributed by atoms with Crippen molar-refractivity contribution in [3.63, 3.8) is 0 Å². The van der Waals surface area contributed by atoms with E-state index in [9.17, 15) is 9.59 Å². The Kier molecular flexibility index (Phi) is 5.59. The second kappa shape index (κ2) is 8.47. The number of thiazole rings is 1. The minimum absolute atomic E-state index is 0.0520. The van der Waals surface area contributed by atoms with Gasteiger partial charge >= 0.3 is 0 Å². The van der Waals surface area contributed by atoms with Gasteiger partial charge in [-0.15, -0.1) is 11.3 Å². The highest BCUT2D eigenvalue weighted by atomic mass is 32.1. The Morgan fingerprint density at radius 3 is 2.43 bits per heavy atom. The number of rotatable bonds is 5. The largest absolute Gasteiger partial charge is 0.350 e. The summed E-state index contributed by atoms with van der Waals surface area (Å²) in [6, 6.07) is 21.4. The predicted octanol–water partition coefficient (Wildman–Crippen LogP) is 5.41. The van der Waals surface area contributed by atoms with Crippen molar-refractivity contribution in [2.24, 2.45) is 0 Å². The first-order chi connectivity index (χ1) is 14.5. The molecule has 1 heterocycles. The molecule has 5 nitrogen and oxygen atoms in total. The lowest BCUT2D eigenvalue weighted by atomic mass is 10.1. The van der Waals surface area contributed by atoms with Crippen molar-refractivity contribution in [1.82, 2.24) is 10.3 Å². The van der Waals surface area contributed by atoms with Gasteiger partial charge in [0.1, 0.15) is 0 Å². The molecule has 0 radical (unpaired) electrons. The van der Waals surface area contributed by atoms with Crippen molar-refractivity contribution < 1.29 is 9.59 Å². The van der Waals surface area contributed by atoms with Crippen LogP contribution in [0.15, 0.2) is 72.1 Å². The third kappa shape index (κ3) is 4.39. The number of nitrogens with one attached hydrogen (secondary N) is 2. The third-order valence-corrected chi connectivity index (χ3v) is 5.62. The van der Waals surface area contributed by atoms with E-state index >= 15 is 0 Å². The number of nitrogens with zero attached hydrogens (tertiary/aromatic N) is 1. The highest BCUT2D eigenvalue weighted by Crippen LogP contribution is 2.27. The fourth-order valence-corrected chi connectivity index (χ4v) is 4.01. The van der Waals surface area contributed by atoms with Crippen LogP contribution >= 0.6 is 11.3 Å². The Bertz CT molecular complexity index is 1210. The summed E-state index contributed by atoms with van der Waals surface area (Å²) in [6.45, 7) is 3.45. The molecular weight excluding hydrogens is 394 g/mol. The fourth-order valence-electron chi connectivity index (χ4n) is 3.29. The van der Waals surface area contributed by atoms with Gasteiger partial charge in [-0.2, -0.15) is 0 Å². The number of amides is 2. The minimum Gasteiger partial charge on any atom is -0.350 e. The number of hydrogen-bond acceptors (Lipinski definition) is 4. The fraction of sp³-hybridized carbons (Fsp3) is 0.125. The lowest BCUT2D eigenvalue weighted by Gasteiger charge is -2.13. The van der Waals surface area contributed by atoms with Crippen LogP contribution in [0.2, 0.25) is 0 Å². The van der Waals surface area contributed by atoms with Gasteiger partial charge in [0.05, 0.1) is 11.7 Å². The summed E-state index contributed by atoms with van der Waals surface area (Å²) < 4.78 is 0. The van der Waals surface area contributed by atoms with Crippen LogP contribution in [-0.2, 0) is 4.79 Å². The topological polar surface area (TPSA) is 71.1 Å². The van der Waals surface area contributed by atoms with Crippen molar-refractivity contribution in [2.75, 3.05) is 5.32 Å². The molecule has 150 valence electrons. The van der Waals surface area contributed by atoms with Crippen molar-refractivity contribution in [1.29, 1.82) is 0 Å². The monoisotopic (exact) mass is 415 g/mol. The van der Waals surface area contributed by atoms with Crippen molar-refractivity contribution in [2.45, 2.75) is 19.9 Å². The molecule has 1 aromatic heterocycles. The van der Waals surface area contributed by atoms with Crippen molar-refractivity contribution in [3.8, 4) is 11.3 Å². The Morgan fingerprint density at radius 1 is 0.967 bits per heavy atom. The van der Waals surface area contributed by atoms with Crippen LogP contribution < -0.4 is 10.6 Å². The number of anilines is 1. The predicted molar refractivity (Wildman–Crippen MR) is 122 cm³/mol. The molecule has 2 amide bonds. The maximum Gasteiger partial charge on any atom is 0.257 e. The quantitative estimate of drug-likeness (QED) is 0.458. The molecule has 0 saturated heterocycles. The zero-order chi connectivity index (χ0) is 21.1. The average molecular weight is 416 g/mol. The smallest absolute Gasteiger partial charge is 0.257 e. The van der Waals surface area contributed by atoms with Gasteiger partial charge in [0.2, 0.25) is 5.91 Å². The molecule has 30 heavy (non-hydrogen) atoms. The first kappa shape index (κ1) is 19.8. The summed E-state index contributed by atoms with van der Waals surface area (Å²) in [5.41, 5.74) is 3.37. The summed E-state index contributed by atoms with van der Waals surface area (Å²) in [7, 11) is 0. The van der Waals surface area contributed by atoms with Crippen molar-refractivity contribution >= 4 is 39.1 Å². The van der Waals surface area contributed by atoms with E-state index in [-0.39, 0.29) is 17.9 Å². The van der Waals surface area contributed by atoms with Crippen LogP contribution in [0.25, 0.3) is 22.0 Å². The molecule has 1 atom stereocenters. The highest BCUT2D eigenvalue weighted by molar-refractivity contribution is 7.14. The molecule has 4 aromatic rings. The third-order valence-electron chi connectivity index (χ3n) is 4.86. The number of hydrogen-bond donors (Lipinski definition) is 2. The van der Waals surface area contributed by atoms with Crippen LogP contribution in [0.3, 0.4) is 0 Å². The van der Waals surface area contributed by atoms with E-state index in [4.69, 9.17) is 0 Å². The molecule has 2 N–H and O–H groups in total. The second-order valence-corrected chi connectivity index (χ2v) is 7.96. The van der Waals surface area contributed by atoms with Crippen LogP contribution in [0, 0.1) is 0 Å². The van der Waals surface area contributed by atoms with E-state index in [0.29, 0.717) is 10.7 Å². The Labute approximate surface area is 178 Å². The maximum absolute atomic E-state index is 12.6. The number of carbonyl (C=O) groups excluding carboxylic acids is 2. The molecule has 0 aliphatic carbocycles. The Balaban J connectivity index is 1.47. The van der Waals surface area contributed by atoms with Crippen LogP contribution in [0.5, 0.6) is 0 Å². The summed E-state index contributed by atoms with van der Waals surface area (Å²) in [5, 5.41) is 10.4. The van der Waals surface area contributed by atoms with Gasteiger partial charge < -0.3 is 5.32 Å². The summed E-state index contributed by atoms with van der Waals surface area (Å²) >= 11 is 1.39. The summed E-state index contributed by atoms with van der Waals surface area (Å²) in [5.74, 6) is -0.237. The second-order valence-electron chi connectivity index (χ2n) is 7.10. The molecule has 6 heteroatoms. The molecule has 0 aliphatic rings. The van der Waals surface area contributed by atoms with Gasteiger partial charge in [-0.3, -0.25) is 14.9 Å². The molecule has 0 spiro atoms. The average Bonchev–Trinajstić information content (AvgIpc) is 3.21. The lowest BCUT2D eigenvalue weighted by molar-refractivity contribution is -0.119. The van der Waals surface area contributed by atoms with Gasteiger partial charge in [-0.1, -0.05) is 54.6 Å². The Hall–Kier alpha value is -3.51. The van der Waals surface area contributed by atoms with E-state index in [1.165, 1.54) is 18.3 Å². The molecule has 4 rings (SSSR count). The van der Waals surface area contributed by atoms with Gasteiger partial charge in [-0.05, 0) is 35.4 Å². The molecule has 1 unspecified atom stereocenters. The number of fused-ring (bicyclic) bond motifs is 1. The van der Waals surface area contributed by atoms with Gasteiger partial charge in [0.25, 0.3) is 5.91 Å². The Morgan fingerprint density at radius 2 is 1.70 bits per heavy atom. The van der Waals surface area contributed by atoms with Crippen molar-refractivity contribution in [3.05, 3.63) is 83.2 Å².